The number of aryl methyl sites for hydroxylation is 1. The second-order valence-corrected chi connectivity index (χ2v) is 19.1. The van der Waals surface area contributed by atoms with Crippen LogP contribution in [0.5, 0.6) is 0 Å². The smallest absolute Gasteiger partial charge is 0.252 e. The van der Waals surface area contributed by atoms with Crippen LogP contribution >= 0.6 is 0 Å². The Morgan fingerprint density at radius 2 is 0.951 bits per heavy atom. The summed E-state index contributed by atoms with van der Waals surface area (Å²) in [6.45, 7) is 16.2. The van der Waals surface area contributed by atoms with Gasteiger partial charge >= 0.3 is 0 Å². The van der Waals surface area contributed by atoms with E-state index in [0.29, 0.717) is 0 Å². The SMILES string of the molecule is Cc1cc2c3c(c1)N(c1ccc(-c4cccc5c4oc4ccccc45)cc1)c1cc(C(C)(C)C)ccc1B3c1ccc(C(C)(C)C)cc1N2c1ccc(-c2ccccc2)cc1. The fraction of sp³-hybridized carbons (Fsp3) is 0.158. The topological polar surface area (TPSA) is 19.6 Å². The van der Waals surface area contributed by atoms with Crippen molar-refractivity contribution in [1.82, 2.24) is 0 Å². The summed E-state index contributed by atoms with van der Waals surface area (Å²) in [5.41, 5.74) is 21.6. The van der Waals surface area contributed by atoms with Gasteiger partial charge in [0, 0.05) is 50.5 Å². The van der Waals surface area contributed by atoms with Gasteiger partial charge in [-0.05, 0) is 122 Å². The summed E-state index contributed by atoms with van der Waals surface area (Å²) in [5.74, 6) is 0. The van der Waals surface area contributed by atoms with Crippen LogP contribution in [0.3, 0.4) is 0 Å². The number of hydrogen-bond donors (Lipinski definition) is 0. The van der Waals surface area contributed by atoms with Gasteiger partial charge in [-0.15, -0.1) is 0 Å². The lowest BCUT2D eigenvalue weighted by Crippen LogP contribution is -2.61. The molecule has 3 heterocycles. The van der Waals surface area contributed by atoms with Crippen molar-refractivity contribution in [3.63, 3.8) is 0 Å². The summed E-state index contributed by atoms with van der Waals surface area (Å²) in [6, 6.07) is 63.1. The van der Waals surface area contributed by atoms with Gasteiger partial charge in [0.2, 0.25) is 0 Å². The molecule has 0 saturated heterocycles. The molecule has 8 aromatic carbocycles. The third-order valence-corrected chi connectivity index (χ3v) is 13.0. The van der Waals surface area contributed by atoms with Crippen molar-refractivity contribution < 1.29 is 4.42 Å². The number of nitrogens with zero attached hydrogens (tertiary/aromatic N) is 2. The number of para-hydroxylation sites is 2. The van der Waals surface area contributed by atoms with Crippen LogP contribution in [-0.2, 0) is 10.8 Å². The molecule has 0 radical (unpaired) electrons. The number of furan rings is 1. The van der Waals surface area contributed by atoms with E-state index in [9.17, 15) is 0 Å². The second-order valence-electron chi connectivity index (χ2n) is 19.1. The molecule has 0 aliphatic carbocycles. The molecule has 61 heavy (non-hydrogen) atoms. The second kappa shape index (κ2) is 13.6. The van der Waals surface area contributed by atoms with Crippen LogP contribution in [0.1, 0.15) is 58.2 Å². The van der Waals surface area contributed by atoms with Crippen LogP contribution in [0, 0.1) is 6.92 Å². The maximum atomic E-state index is 6.49. The Kier molecular flexibility index (Phi) is 8.32. The maximum absolute atomic E-state index is 6.49. The molecule has 3 nitrogen and oxygen atoms in total. The zero-order valence-corrected chi connectivity index (χ0v) is 36.0. The van der Waals surface area contributed by atoms with E-state index in [1.165, 1.54) is 67.0 Å². The summed E-state index contributed by atoms with van der Waals surface area (Å²) in [7, 11) is 0. The van der Waals surface area contributed by atoms with E-state index in [1.54, 1.807) is 0 Å². The first-order chi connectivity index (χ1) is 29.4. The molecule has 1 aromatic heterocycles. The Labute approximate surface area is 360 Å². The minimum Gasteiger partial charge on any atom is -0.455 e. The third kappa shape index (κ3) is 6.03. The largest absolute Gasteiger partial charge is 0.455 e. The predicted octanol–water partition coefficient (Wildman–Crippen LogP) is 13.9. The minimum absolute atomic E-state index is 0.0130. The number of anilines is 6. The Bertz CT molecular complexity index is 3170. The van der Waals surface area contributed by atoms with Gasteiger partial charge in [-0.2, -0.15) is 0 Å². The molecule has 0 bridgehead atoms. The number of rotatable bonds is 4. The van der Waals surface area contributed by atoms with Crippen LogP contribution in [0.4, 0.5) is 34.1 Å². The highest BCUT2D eigenvalue weighted by Gasteiger charge is 2.44. The Balaban J connectivity index is 1.13. The van der Waals surface area contributed by atoms with Crippen LogP contribution in [0.15, 0.2) is 174 Å². The summed E-state index contributed by atoms with van der Waals surface area (Å²) in [6.07, 6.45) is 0. The van der Waals surface area contributed by atoms with E-state index in [0.717, 1.165) is 44.4 Å². The van der Waals surface area contributed by atoms with Crippen molar-refractivity contribution in [1.29, 1.82) is 0 Å². The number of benzene rings is 8. The molecule has 0 amide bonds. The average molecular weight is 789 g/mol. The maximum Gasteiger partial charge on any atom is 0.252 e. The van der Waals surface area contributed by atoms with E-state index in [1.807, 2.05) is 6.07 Å². The van der Waals surface area contributed by atoms with Gasteiger partial charge in [0.25, 0.3) is 6.71 Å². The highest BCUT2D eigenvalue weighted by Crippen LogP contribution is 2.47. The fourth-order valence-corrected chi connectivity index (χ4v) is 9.81. The highest BCUT2D eigenvalue weighted by molar-refractivity contribution is 7.00. The van der Waals surface area contributed by atoms with Crippen LogP contribution in [-0.4, -0.2) is 6.71 Å². The molecule has 9 aromatic rings. The fourth-order valence-electron chi connectivity index (χ4n) is 9.81. The summed E-state index contributed by atoms with van der Waals surface area (Å²) < 4.78 is 6.49. The molecule has 0 saturated carbocycles. The molecule has 2 aliphatic rings. The van der Waals surface area contributed by atoms with Gasteiger partial charge in [0.05, 0.1) is 0 Å². The van der Waals surface area contributed by atoms with Crippen molar-refractivity contribution in [3.8, 4) is 22.3 Å². The van der Waals surface area contributed by atoms with Crippen molar-refractivity contribution >= 4 is 79.2 Å². The average Bonchev–Trinajstić information content (AvgIpc) is 3.65. The Morgan fingerprint density at radius 3 is 1.52 bits per heavy atom. The van der Waals surface area contributed by atoms with Crippen molar-refractivity contribution in [2.24, 2.45) is 0 Å². The first-order valence-electron chi connectivity index (χ1n) is 21.6. The monoisotopic (exact) mass is 788 g/mol. The standard InChI is InChI=1S/C57H49BN2O/c1-36-32-51-54-52(33-36)60(43-28-22-39(23-29-43)44-17-13-18-46-45-16-11-12-19-53(45)61-55(44)46)50-35-41(57(5,6)7)25-31-48(50)58(54)47-30-24-40(56(2,3)4)34-49(47)59(51)42-26-20-38(21-27-42)37-14-9-8-10-15-37/h8-35H,1-7H3. The predicted molar refractivity (Wildman–Crippen MR) is 261 cm³/mol. The lowest BCUT2D eigenvalue weighted by atomic mass is 9.33. The molecular formula is C57H49BN2O. The highest BCUT2D eigenvalue weighted by atomic mass is 16.3. The summed E-state index contributed by atoms with van der Waals surface area (Å²) in [5, 5.41) is 2.29. The molecule has 11 rings (SSSR count). The normalized spacial score (nSPS) is 13.4. The van der Waals surface area contributed by atoms with Gasteiger partial charge in [0.15, 0.2) is 0 Å². The molecule has 4 heteroatoms. The van der Waals surface area contributed by atoms with Crippen LogP contribution in [0.25, 0.3) is 44.2 Å². The van der Waals surface area contributed by atoms with Crippen molar-refractivity contribution in [2.45, 2.75) is 59.3 Å². The molecule has 0 fully saturated rings. The summed E-state index contributed by atoms with van der Waals surface area (Å²) in [4.78, 5) is 5.06. The van der Waals surface area contributed by atoms with Gasteiger partial charge in [-0.1, -0.05) is 157 Å². The van der Waals surface area contributed by atoms with Crippen LogP contribution in [0.2, 0.25) is 0 Å². The quantitative estimate of drug-likeness (QED) is 0.166. The number of hydrogen-bond acceptors (Lipinski definition) is 3. The minimum atomic E-state index is -0.0251. The van der Waals surface area contributed by atoms with E-state index in [-0.39, 0.29) is 17.5 Å². The number of fused-ring (bicyclic) bond motifs is 7. The summed E-state index contributed by atoms with van der Waals surface area (Å²) >= 11 is 0. The lowest BCUT2D eigenvalue weighted by molar-refractivity contribution is 0.590. The van der Waals surface area contributed by atoms with E-state index in [2.05, 4.69) is 222 Å². The zero-order chi connectivity index (χ0) is 41.8. The van der Waals surface area contributed by atoms with Gasteiger partial charge in [-0.25, -0.2) is 0 Å². The van der Waals surface area contributed by atoms with Crippen molar-refractivity contribution in [2.75, 3.05) is 9.80 Å². The third-order valence-electron chi connectivity index (χ3n) is 13.0. The van der Waals surface area contributed by atoms with E-state index in [4.69, 9.17) is 4.42 Å². The molecule has 2 aliphatic heterocycles. The first-order valence-corrected chi connectivity index (χ1v) is 21.6. The molecule has 0 unspecified atom stereocenters. The lowest BCUT2D eigenvalue weighted by Gasteiger charge is -2.45. The molecule has 296 valence electrons. The molecule has 0 N–H and O–H groups in total. The molecule has 0 atom stereocenters. The van der Waals surface area contributed by atoms with Gasteiger partial charge in [-0.3, -0.25) is 0 Å². The first kappa shape index (κ1) is 37.2. The zero-order valence-electron chi connectivity index (χ0n) is 36.0. The van der Waals surface area contributed by atoms with Gasteiger partial charge < -0.3 is 14.2 Å². The van der Waals surface area contributed by atoms with Gasteiger partial charge in [0.1, 0.15) is 11.2 Å². The van der Waals surface area contributed by atoms with E-state index < -0.39 is 0 Å². The molecule has 0 spiro atoms. The Morgan fingerprint density at radius 1 is 0.443 bits per heavy atom. The van der Waals surface area contributed by atoms with E-state index >= 15 is 0 Å². The molecular weight excluding hydrogens is 739 g/mol. The van der Waals surface area contributed by atoms with Crippen molar-refractivity contribution in [3.05, 3.63) is 187 Å². The Hall–Kier alpha value is -6.78. The van der Waals surface area contributed by atoms with Crippen LogP contribution < -0.4 is 26.2 Å².